The van der Waals surface area contributed by atoms with Gasteiger partial charge in [-0.3, -0.25) is 9.59 Å². The number of allylic oxidation sites excluding steroid dienone is 16. The second kappa shape index (κ2) is 46.8. The van der Waals surface area contributed by atoms with Gasteiger partial charge in [0.15, 0.2) is 0 Å². The molecule has 0 aliphatic rings. The van der Waals surface area contributed by atoms with Crippen LogP contribution in [0.4, 0.5) is 0 Å². The van der Waals surface area contributed by atoms with Crippen molar-refractivity contribution in [1.82, 2.24) is 5.32 Å². The molecule has 0 fully saturated rings. The molecule has 0 aromatic carbocycles. The Morgan fingerprint density at radius 2 is 0.983 bits per heavy atom. The van der Waals surface area contributed by atoms with Crippen LogP contribution in [0, 0.1) is 0 Å². The molecule has 0 aliphatic heterocycles. The number of nitrogens with one attached hydrogen (secondary N) is 1. The van der Waals surface area contributed by atoms with Gasteiger partial charge in [0.2, 0.25) is 5.91 Å². The van der Waals surface area contributed by atoms with Crippen molar-refractivity contribution in [2.75, 3.05) is 6.61 Å². The fourth-order valence-electron chi connectivity index (χ4n) is 6.87. The molecule has 60 heavy (non-hydrogen) atoms. The van der Waals surface area contributed by atoms with E-state index in [1.807, 2.05) is 66.8 Å². The summed E-state index contributed by atoms with van der Waals surface area (Å²) >= 11 is 0. The first kappa shape index (κ1) is 56.8. The van der Waals surface area contributed by atoms with Crippen LogP contribution in [0.25, 0.3) is 0 Å². The summed E-state index contributed by atoms with van der Waals surface area (Å²) in [5.74, 6) is -0.638. The first-order valence-electron chi connectivity index (χ1n) is 24.5. The minimum Gasteiger partial charge on any atom is -0.462 e. The van der Waals surface area contributed by atoms with Crippen LogP contribution in [0.5, 0.6) is 0 Å². The Hall–Kier alpha value is -3.22. The zero-order chi connectivity index (χ0) is 43.8. The van der Waals surface area contributed by atoms with E-state index in [0.29, 0.717) is 19.3 Å². The third-order valence-corrected chi connectivity index (χ3v) is 10.6. The van der Waals surface area contributed by atoms with Gasteiger partial charge in [-0.1, -0.05) is 234 Å². The van der Waals surface area contributed by atoms with Crippen molar-refractivity contribution in [2.24, 2.45) is 0 Å². The number of esters is 1. The summed E-state index contributed by atoms with van der Waals surface area (Å²) in [6.07, 6.45) is 61.9. The van der Waals surface area contributed by atoms with E-state index in [2.05, 4.69) is 56.5 Å². The quantitative estimate of drug-likeness (QED) is 0.0246. The number of carbonyl (C=O) groups excluding carboxylic acids is 2. The summed E-state index contributed by atoms with van der Waals surface area (Å²) in [7, 11) is 0. The highest BCUT2D eigenvalue weighted by molar-refractivity contribution is 5.77. The van der Waals surface area contributed by atoms with Crippen LogP contribution >= 0.6 is 0 Å². The second-order valence-corrected chi connectivity index (χ2v) is 16.3. The van der Waals surface area contributed by atoms with Crippen LogP contribution in [0.3, 0.4) is 0 Å². The van der Waals surface area contributed by atoms with Gasteiger partial charge in [0, 0.05) is 6.42 Å². The molecule has 3 N–H and O–H groups in total. The number of hydrogen-bond acceptors (Lipinski definition) is 5. The van der Waals surface area contributed by atoms with Crippen LogP contribution < -0.4 is 5.32 Å². The lowest BCUT2D eigenvalue weighted by Crippen LogP contribution is -2.46. The molecule has 342 valence electrons. The van der Waals surface area contributed by atoms with E-state index in [1.54, 1.807) is 0 Å². The van der Waals surface area contributed by atoms with Gasteiger partial charge >= 0.3 is 5.97 Å². The molecule has 0 saturated heterocycles. The molecule has 0 spiro atoms. The van der Waals surface area contributed by atoms with Crippen molar-refractivity contribution in [3.05, 3.63) is 97.2 Å². The Balaban J connectivity index is 4.83. The molecule has 0 aromatic heterocycles. The van der Waals surface area contributed by atoms with E-state index in [4.69, 9.17) is 4.74 Å². The Kier molecular flexibility index (Phi) is 44.3. The van der Waals surface area contributed by atoms with E-state index < -0.39 is 18.2 Å². The number of aliphatic hydroxyl groups is 2. The van der Waals surface area contributed by atoms with Crippen molar-refractivity contribution < 1.29 is 24.5 Å². The fraction of sp³-hybridized carbons (Fsp3) is 0.667. The molecule has 3 unspecified atom stereocenters. The predicted octanol–water partition coefficient (Wildman–Crippen LogP) is 14.6. The maximum atomic E-state index is 13.2. The number of amides is 1. The van der Waals surface area contributed by atoms with Gasteiger partial charge in [-0.2, -0.15) is 0 Å². The predicted molar refractivity (Wildman–Crippen MR) is 259 cm³/mol. The molecule has 6 nitrogen and oxygen atoms in total. The number of rotatable bonds is 42. The molecular formula is C54H91NO5. The van der Waals surface area contributed by atoms with E-state index >= 15 is 0 Å². The largest absolute Gasteiger partial charge is 0.462 e. The topological polar surface area (TPSA) is 95.9 Å². The van der Waals surface area contributed by atoms with Gasteiger partial charge in [-0.05, 0) is 57.8 Å². The van der Waals surface area contributed by atoms with Gasteiger partial charge in [-0.15, -0.1) is 0 Å². The highest BCUT2D eigenvalue weighted by atomic mass is 16.5. The van der Waals surface area contributed by atoms with Crippen molar-refractivity contribution in [2.45, 2.75) is 225 Å². The standard InChI is InChI=1S/C54H91NO5/c1-4-7-10-13-16-19-22-25-26-29-30-33-36-39-42-45-50(60-54(59)47-44-41-38-35-32-28-24-21-18-15-12-9-6-3)48-53(58)55-51(49-56)52(57)46-43-40-37-34-31-27-23-20-17-14-11-8-5-2/h7,10,13,16,19,22,25-26,28-30,32-33,36,38,41,50-52,56-57H,4-6,8-9,11-12,14-15,17-18,20-21,23-24,27,31,34-35,37,39-40,42-49H2,1-3H3,(H,55,58)/b10-7-,16-13+,22-19+,26-25-,30-29+,32-28-,36-33+,41-38+. The van der Waals surface area contributed by atoms with E-state index in [0.717, 1.165) is 51.4 Å². The van der Waals surface area contributed by atoms with Crippen LogP contribution in [0.2, 0.25) is 0 Å². The molecule has 6 heteroatoms. The molecule has 1 amide bonds. The molecule has 0 bridgehead atoms. The highest BCUT2D eigenvalue weighted by Gasteiger charge is 2.23. The second-order valence-electron chi connectivity index (χ2n) is 16.3. The van der Waals surface area contributed by atoms with Crippen molar-refractivity contribution in [1.29, 1.82) is 0 Å². The Morgan fingerprint density at radius 3 is 1.52 bits per heavy atom. The lowest BCUT2D eigenvalue weighted by atomic mass is 10.0. The van der Waals surface area contributed by atoms with Crippen LogP contribution in [-0.2, 0) is 14.3 Å². The lowest BCUT2D eigenvalue weighted by Gasteiger charge is -2.24. The Bertz CT molecular complexity index is 1210. The number of unbranched alkanes of at least 4 members (excludes halogenated alkanes) is 19. The Labute approximate surface area is 369 Å². The molecule has 0 radical (unpaired) electrons. The number of aliphatic hydroxyl groups excluding tert-OH is 2. The van der Waals surface area contributed by atoms with Crippen LogP contribution in [-0.4, -0.2) is 46.9 Å². The minimum absolute atomic E-state index is 0.00104. The summed E-state index contributed by atoms with van der Waals surface area (Å²) in [4.78, 5) is 26.0. The number of ether oxygens (including phenoxy) is 1. The molecule has 0 rings (SSSR count). The maximum absolute atomic E-state index is 13.2. The van der Waals surface area contributed by atoms with E-state index in [1.165, 1.54) is 103 Å². The van der Waals surface area contributed by atoms with Crippen LogP contribution in [0.15, 0.2) is 97.2 Å². The fourth-order valence-corrected chi connectivity index (χ4v) is 6.87. The summed E-state index contributed by atoms with van der Waals surface area (Å²) in [6, 6.07) is -0.741. The molecule has 0 heterocycles. The van der Waals surface area contributed by atoms with Crippen molar-refractivity contribution in [3.63, 3.8) is 0 Å². The summed E-state index contributed by atoms with van der Waals surface area (Å²) < 4.78 is 5.84. The summed E-state index contributed by atoms with van der Waals surface area (Å²) in [5, 5.41) is 23.7. The third-order valence-electron chi connectivity index (χ3n) is 10.6. The van der Waals surface area contributed by atoms with Crippen LogP contribution in [0.1, 0.15) is 207 Å². The zero-order valence-electron chi connectivity index (χ0n) is 38.8. The maximum Gasteiger partial charge on any atom is 0.306 e. The van der Waals surface area contributed by atoms with Gasteiger partial charge in [0.1, 0.15) is 6.10 Å². The summed E-state index contributed by atoms with van der Waals surface area (Å²) in [5.41, 5.74) is 0. The van der Waals surface area contributed by atoms with E-state index in [9.17, 15) is 19.8 Å². The van der Waals surface area contributed by atoms with Crippen molar-refractivity contribution in [3.8, 4) is 0 Å². The molecule has 3 atom stereocenters. The van der Waals surface area contributed by atoms with E-state index in [-0.39, 0.29) is 31.3 Å². The first-order valence-corrected chi connectivity index (χ1v) is 24.5. The third kappa shape index (κ3) is 41.5. The number of hydrogen-bond donors (Lipinski definition) is 3. The molecule has 0 saturated carbocycles. The van der Waals surface area contributed by atoms with Gasteiger partial charge < -0.3 is 20.3 Å². The monoisotopic (exact) mass is 834 g/mol. The lowest BCUT2D eigenvalue weighted by molar-refractivity contribution is -0.150. The average molecular weight is 834 g/mol. The number of carbonyl (C=O) groups is 2. The normalized spacial score (nSPS) is 14.2. The first-order chi connectivity index (χ1) is 29.5. The molecular weight excluding hydrogens is 743 g/mol. The highest BCUT2D eigenvalue weighted by Crippen LogP contribution is 2.16. The van der Waals surface area contributed by atoms with Crippen molar-refractivity contribution >= 4 is 11.9 Å². The Morgan fingerprint density at radius 1 is 0.517 bits per heavy atom. The van der Waals surface area contributed by atoms with Gasteiger partial charge in [0.25, 0.3) is 0 Å². The van der Waals surface area contributed by atoms with Gasteiger partial charge in [-0.25, -0.2) is 0 Å². The smallest absolute Gasteiger partial charge is 0.306 e. The van der Waals surface area contributed by atoms with Gasteiger partial charge in [0.05, 0.1) is 25.2 Å². The minimum atomic E-state index is -0.821. The zero-order valence-corrected chi connectivity index (χ0v) is 38.8. The molecule has 0 aliphatic carbocycles. The summed E-state index contributed by atoms with van der Waals surface area (Å²) in [6.45, 7) is 6.28. The SMILES string of the molecule is CC\C=C/C=C/C=C/C=C\C=C\C=C\CCCC(CC(=O)NC(CO)C(O)CCCCCCCCCCCCCCC)OC(=O)CC/C=C/C/C=C\CCCCCCCC. The molecule has 0 aromatic rings. The average Bonchev–Trinajstić information content (AvgIpc) is 3.24.